The molecule has 0 aliphatic rings. The van der Waals surface area contributed by atoms with Crippen LogP contribution < -0.4 is 10.6 Å². The summed E-state index contributed by atoms with van der Waals surface area (Å²) >= 11 is 0. The lowest BCUT2D eigenvalue weighted by Crippen LogP contribution is -2.39. The Hall–Kier alpha value is -1.75. The number of rotatable bonds is 10. The molecule has 2 rings (SSSR count). The average molecular weight is 487 g/mol. The van der Waals surface area contributed by atoms with E-state index in [9.17, 15) is 0 Å². The quantitative estimate of drug-likeness (QED) is 0.230. The second-order valence-corrected chi connectivity index (χ2v) is 5.86. The lowest BCUT2D eigenvalue weighted by molar-refractivity contribution is 0.145. The Balaban J connectivity index is 0.00000364. The Kier molecular flexibility index (Phi) is 11.6. The Bertz CT molecular complexity index is 676. The number of hydrogen-bond donors (Lipinski definition) is 2. The molecule has 0 radical (unpaired) electrons. The van der Waals surface area contributed by atoms with Crippen LogP contribution in [0.15, 0.2) is 29.4 Å². The molecule has 2 aromatic heterocycles. The van der Waals surface area contributed by atoms with E-state index in [-0.39, 0.29) is 24.0 Å². The molecule has 0 aromatic carbocycles. The lowest BCUT2D eigenvalue weighted by atomic mass is 10.3. The van der Waals surface area contributed by atoms with Gasteiger partial charge in [-0.2, -0.15) is 0 Å². The van der Waals surface area contributed by atoms with E-state index in [1.165, 1.54) is 0 Å². The molecule has 0 amide bonds. The minimum Gasteiger partial charge on any atom is -0.382 e. The second-order valence-electron chi connectivity index (χ2n) is 5.86. The van der Waals surface area contributed by atoms with Gasteiger partial charge in [-0.25, -0.2) is 4.99 Å². The van der Waals surface area contributed by atoms with E-state index in [0.717, 1.165) is 62.4 Å². The van der Waals surface area contributed by atoms with Gasteiger partial charge in [0.25, 0.3) is 0 Å². The van der Waals surface area contributed by atoms with Gasteiger partial charge in [0, 0.05) is 51.7 Å². The molecule has 0 atom stereocenters. The third-order valence-corrected chi connectivity index (χ3v) is 3.92. The van der Waals surface area contributed by atoms with Gasteiger partial charge in [-0.05, 0) is 32.4 Å². The number of pyridine rings is 1. The van der Waals surface area contributed by atoms with Crippen LogP contribution in [0.2, 0.25) is 0 Å². The van der Waals surface area contributed by atoms with Crippen LogP contribution >= 0.6 is 24.0 Å². The van der Waals surface area contributed by atoms with Gasteiger partial charge in [-0.1, -0.05) is 6.07 Å². The normalized spacial score (nSPS) is 11.1. The third-order valence-electron chi connectivity index (χ3n) is 3.92. The molecule has 0 spiro atoms. The van der Waals surface area contributed by atoms with Crippen molar-refractivity contribution < 1.29 is 4.74 Å². The first-order valence-electron chi connectivity index (χ1n) is 9.05. The van der Waals surface area contributed by atoms with Gasteiger partial charge in [0.15, 0.2) is 11.8 Å². The van der Waals surface area contributed by atoms with Crippen molar-refractivity contribution >= 4 is 29.9 Å². The summed E-state index contributed by atoms with van der Waals surface area (Å²) < 4.78 is 7.32. The minimum absolute atomic E-state index is 0. The summed E-state index contributed by atoms with van der Waals surface area (Å²) in [6, 6.07) is 5.95. The van der Waals surface area contributed by atoms with Crippen molar-refractivity contribution in [3.8, 4) is 0 Å². The zero-order valence-electron chi connectivity index (χ0n) is 16.3. The summed E-state index contributed by atoms with van der Waals surface area (Å²) in [7, 11) is 1.95. The van der Waals surface area contributed by atoms with Crippen molar-refractivity contribution in [1.29, 1.82) is 0 Å². The zero-order valence-corrected chi connectivity index (χ0v) is 18.6. The molecule has 0 fully saturated rings. The highest BCUT2D eigenvalue weighted by Gasteiger charge is 2.05. The molecule has 0 aliphatic carbocycles. The minimum atomic E-state index is 0. The first kappa shape index (κ1) is 23.3. The van der Waals surface area contributed by atoms with E-state index >= 15 is 0 Å². The van der Waals surface area contributed by atoms with Gasteiger partial charge >= 0.3 is 0 Å². The molecular weight excluding hydrogens is 457 g/mol. The molecular formula is C18H30IN7O. The van der Waals surface area contributed by atoms with Crippen LogP contribution in [0.5, 0.6) is 0 Å². The van der Waals surface area contributed by atoms with E-state index in [1.807, 2.05) is 49.9 Å². The SMILES string of the molecule is CCOCCCNC(=NCc1nnc(C)n1C)NCCc1ccccn1.I. The van der Waals surface area contributed by atoms with Crippen LogP contribution in [-0.4, -0.2) is 52.0 Å². The summed E-state index contributed by atoms with van der Waals surface area (Å²) in [4.78, 5) is 8.97. The predicted molar refractivity (Wildman–Crippen MR) is 117 cm³/mol. The van der Waals surface area contributed by atoms with Crippen molar-refractivity contribution in [2.24, 2.45) is 12.0 Å². The second kappa shape index (κ2) is 13.4. The Morgan fingerprint density at radius 2 is 2.04 bits per heavy atom. The molecule has 2 aromatic rings. The molecule has 8 nitrogen and oxygen atoms in total. The molecule has 0 bridgehead atoms. The number of aryl methyl sites for hydroxylation is 1. The van der Waals surface area contributed by atoms with Crippen molar-refractivity contribution in [2.75, 3.05) is 26.3 Å². The Morgan fingerprint density at radius 3 is 2.70 bits per heavy atom. The number of nitrogens with one attached hydrogen (secondary N) is 2. The fourth-order valence-electron chi connectivity index (χ4n) is 2.29. The number of ether oxygens (including phenoxy) is 1. The summed E-state index contributed by atoms with van der Waals surface area (Å²) in [5, 5.41) is 14.9. The molecule has 0 saturated carbocycles. The van der Waals surface area contributed by atoms with Crippen LogP contribution in [0.25, 0.3) is 0 Å². The maximum absolute atomic E-state index is 5.37. The number of hydrogen-bond acceptors (Lipinski definition) is 5. The Morgan fingerprint density at radius 1 is 1.22 bits per heavy atom. The van der Waals surface area contributed by atoms with E-state index in [4.69, 9.17) is 4.74 Å². The molecule has 9 heteroatoms. The first-order valence-corrected chi connectivity index (χ1v) is 9.05. The molecule has 2 N–H and O–H groups in total. The highest BCUT2D eigenvalue weighted by atomic mass is 127. The maximum Gasteiger partial charge on any atom is 0.191 e. The van der Waals surface area contributed by atoms with Gasteiger partial charge in [-0.15, -0.1) is 34.2 Å². The number of aromatic nitrogens is 4. The van der Waals surface area contributed by atoms with Gasteiger partial charge in [-0.3, -0.25) is 4.98 Å². The molecule has 0 saturated heterocycles. The van der Waals surface area contributed by atoms with Crippen molar-refractivity contribution in [1.82, 2.24) is 30.4 Å². The summed E-state index contributed by atoms with van der Waals surface area (Å²) in [5.74, 6) is 2.48. The van der Waals surface area contributed by atoms with Crippen molar-refractivity contribution in [2.45, 2.75) is 33.2 Å². The van der Waals surface area contributed by atoms with E-state index in [0.29, 0.717) is 6.54 Å². The van der Waals surface area contributed by atoms with Crippen LogP contribution in [0.3, 0.4) is 0 Å². The van der Waals surface area contributed by atoms with Crippen LogP contribution in [-0.2, 0) is 24.8 Å². The molecule has 150 valence electrons. The predicted octanol–water partition coefficient (Wildman–Crippen LogP) is 1.84. The summed E-state index contributed by atoms with van der Waals surface area (Å²) in [6.45, 7) is 7.45. The van der Waals surface area contributed by atoms with Crippen LogP contribution in [0.4, 0.5) is 0 Å². The topological polar surface area (TPSA) is 89.2 Å². The lowest BCUT2D eigenvalue weighted by Gasteiger charge is -2.12. The maximum atomic E-state index is 5.37. The van der Waals surface area contributed by atoms with Crippen molar-refractivity contribution in [3.05, 3.63) is 41.7 Å². The van der Waals surface area contributed by atoms with Crippen molar-refractivity contribution in [3.63, 3.8) is 0 Å². The van der Waals surface area contributed by atoms with Crippen LogP contribution in [0.1, 0.15) is 30.7 Å². The van der Waals surface area contributed by atoms with Gasteiger partial charge in [0.05, 0.1) is 0 Å². The molecule has 0 unspecified atom stereocenters. The fraction of sp³-hybridized carbons (Fsp3) is 0.556. The van der Waals surface area contributed by atoms with E-state index in [1.54, 1.807) is 0 Å². The zero-order chi connectivity index (χ0) is 18.6. The highest BCUT2D eigenvalue weighted by molar-refractivity contribution is 14.0. The molecule has 0 aliphatic heterocycles. The molecule has 27 heavy (non-hydrogen) atoms. The largest absolute Gasteiger partial charge is 0.382 e. The number of nitrogens with zero attached hydrogens (tertiary/aromatic N) is 5. The highest BCUT2D eigenvalue weighted by Crippen LogP contribution is 1.99. The number of guanidine groups is 1. The van der Waals surface area contributed by atoms with E-state index in [2.05, 4.69) is 30.8 Å². The Labute approximate surface area is 178 Å². The smallest absolute Gasteiger partial charge is 0.191 e. The standard InChI is InChI=1S/C18H29N7O.HI/c1-4-26-13-7-11-20-18(21-12-9-16-8-5-6-10-19-16)22-14-17-24-23-15(2)25(17)3;/h5-6,8,10H,4,7,9,11-14H2,1-3H3,(H2,20,21,22);1H. The molecule has 2 heterocycles. The van der Waals surface area contributed by atoms with E-state index < -0.39 is 0 Å². The summed E-state index contributed by atoms with van der Waals surface area (Å²) in [5.41, 5.74) is 1.06. The summed E-state index contributed by atoms with van der Waals surface area (Å²) in [6.07, 6.45) is 3.58. The first-order chi connectivity index (χ1) is 12.7. The monoisotopic (exact) mass is 487 g/mol. The fourth-order valence-corrected chi connectivity index (χ4v) is 2.29. The van der Waals surface area contributed by atoms with Gasteiger partial charge < -0.3 is 19.9 Å². The number of halogens is 1. The average Bonchev–Trinajstić information content (AvgIpc) is 2.98. The third kappa shape index (κ3) is 8.65. The van der Waals surface area contributed by atoms with Gasteiger partial charge in [0.1, 0.15) is 12.4 Å². The van der Waals surface area contributed by atoms with Gasteiger partial charge in [0.2, 0.25) is 0 Å². The number of aliphatic imine (C=N–C) groups is 1. The van der Waals surface area contributed by atoms with Crippen LogP contribution in [0, 0.1) is 6.92 Å².